The van der Waals surface area contributed by atoms with Crippen LogP contribution < -0.4 is 0 Å². The minimum Gasteiger partial charge on any atom is -0.450 e. The molecule has 5 nitrogen and oxygen atoms in total. The molecule has 0 rings (SSSR count). The Morgan fingerprint density at radius 2 is 1.38 bits per heavy atom. The molecule has 0 atom stereocenters. The Bertz CT molecular complexity index is 45.6. The summed E-state index contributed by atoms with van der Waals surface area (Å²) in [5, 5.41) is 13.9. The molecule has 0 aliphatic carbocycles. The van der Waals surface area contributed by atoms with Crippen LogP contribution in [-0.4, -0.2) is 30.6 Å². The van der Waals surface area contributed by atoms with E-state index in [0.29, 0.717) is 0 Å². The fourth-order valence-electron chi connectivity index (χ4n) is 0. The predicted octanol–water partition coefficient (Wildman–Crippen LogP) is 0.417. The molecular weight excluding hydrogens is 116 g/mol. The van der Waals surface area contributed by atoms with Gasteiger partial charge in [-0.25, -0.2) is 14.6 Å². The summed E-state index contributed by atoms with van der Waals surface area (Å²) in [5.41, 5.74) is 0. The topological polar surface area (TPSA) is 76.0 Å². The minimum absolute atomic E-state index is 1.46. The molecular formula is C3H8O5. The van der Waals surface area contributed by atoms with E-state index in [-0.39, 0.29) is 0 Å². The summed E-state index contributed by atoms with van der Waals surface area (Å²) in [6, 6.07) is 0. The van der Waals surface area contributed by atoms with Crippen molar-refractivity contribution in [1.82, 2.24) is 0 Å². The maximum absolute atomic E-state index is 8.56. The molecule has 0 aromatic heterocycles. The Kier molecular flexibility index (Phi) is 12.1. The van der Waals surface area contributed by atoms with E-state index < -0.39 is 6.16 Å². The van der Waals surface area contributed by atoms with E-state index in [2.05, 4.69) is 9.78 Å². The standard InChI is InChI=1S/C2H6O2.CH2O3/c1-3-4-2;2-1(3)4/h1-2H3;(H2,2,3,4). The number of carboxylic acid groups (broad SMARTS) is 2. The highest BCUT2D eigenvalue weighted by Crippen LogP contribution is 1.52. The zero-order valence-corrected chi connectivity index (χ0v) is 4.62. The Hall–Kier alpha value is -0.810. The smallest absolute Gasteiger partial charge is 0.450 e. The highest BCUT2D eigenvalue weighted by Gasteiger charge is 1.70. The molecule has 0 spiro atoms. The van der Waals surface area contributed by atoms with Crippen molar-refractivity contribution < 1.29 is 24.8 Å². The van der Waals surface area contributed by atoms with Crippen LogP contribution >= 0.6 is 0 Å². The molecule has 0 aromatic rings. The lowest BCUT2D eigenvalue weighted by Gasteiger charge is -1.78. The van der Waals surface area contributed by atoms with Crippen molar-refractivity contribution in [1.29, 1.82) is 0 Å². The predicted molar refractivity (Wildman–Crippen MR) is 24.7 cm³/mol. The van der Waals surface area contributed by atoms with Crippen LogP contribution in [0.2, 0.25) is 0 Å². The zero-order valence-electron chi connectivity index (χ0n) is 4.62. The van der Waals surface area contributed by atoms with E-state index in [4.69, 9.17) is 15.0 Å². The van der Waals surface area contributed by atoms with Gasteiger partial charge in [0.15, 0.2) is 0 Å². The maximum Gasteiger partial charge on any atom is 0.503 e. The summed E-state index contributed by atoms with van der Waals surface area (Å²) in [7, 11) is 2.92. The van der Waals surface area contributed by atoms with Gasteiger partial charge in [-0.1, -0.05) is 0 Å². The molecule has 0 radical (unpaired) electrons. The molecule has 5 heteroatoms. The second-order valence-corrected chi connectivity index (χ2v) is 0.616. The second-order valence-electron chi connectivity index (χ2n) is 0.616. The molecule has 0 saturated heterocycles. The Balaban J connectivity index is 0. The van der Waals surface area contributed by atoms with Gasteiger partial charge >= 0.3 is 6.16 Å². The van der Waals surface area contributed by atoms with Crippen LogP contribution in [0.15, 0.2) is 0 Å². The quantitative estimate of drug-likeness (QED) is 0.391. The first-order valence-electron chi connectivity index (χ1n) is 1.63. The van der Waals surface area contributed by atoms with Crippen LogP contribution in [-0.2, 0) is 9.78 Å². The van der Waals surface area contributed by atoms with Crippen molar-refractivity contribution in [3.05, 3.63) is 0 Å². The molecule has 0 heterocycles. The Morgan fingerprint density at radius 1 is 1.25 bits per heavy atom. The number of rotatable bonds is 1. The van der Waals surface area contributed by atoms with E-state index in [1.807, 2.05) is 0 Å². The summed E-state index contributed by atoms with van der Waals surface area (Å²) in [6.45, 7) is 0. The van der Waals surface area contributed by atoms with Gasteiger partial charge in [0.05, 0.1) is 14.2 Å². The van der Waals surface area contributed by atoms with Crippen molar-refractivity contribution in [3.8, 4) is 0 Å². The van der Waals surface area contributed by atoms with E-state index in [9.17, 15) is 0 Å². The Morgan fingerprint density at radius 3 is 1.38 bits per heavy atom. The third-order valence-corrected chi connectivity index (χ3v) is 0.167. The SMILES string of the molecule is COOC.O=C(O)O. The zero-order chi connectivity index (χ0) is 6.99. The fraction of sp³-hybridized carbons (Fsp3) is 0.667. The van der Waals surface area contributed by atoms with E-state index in [1.54, 1.807) is 0 Å². The average Bonchev–Trinajstić information content (AvgIpc) is 1.65. The fourth-order valence-corrected chi connectivity index (χ4v) is 0. The molecule has 0 aliphatic heterocycles. The molecule has 0 aliphatic rings. The van der Waals surface area contributed by atoms with E-state index in [1.165, 1.54) is 14.2 Å². The van der Waals surface area contributed by atoms with Crippen LogP contribution in [0, 0.1) is 0 Å². The first-order chi connectivity index (χ1) is 3.65. The van der Waals surface area contributed by atoms with Crippen molar-refractivity contribution in [2.24, 2.45) is 0 Å². The lowest BCUT2D eigenvalue weighted by molar-refractivity contribution is -0.248. The first-order valence-corrected chi connectivity index (χ1v) is 1.63. The largest absolute Gasteiger partial charge is 0.503 e. The third kappa shape index (κ3) is 2520. The first kappa shape index (κ1) is 10.2. The van der Waals surface area contributed by atoms with Crippen LogP contribution in [0.5, 0.6) is 0 Å². The van der Waals surface area contributed by atoms with Crippen LogP contribution in [0.1, 0.15) is 0 Å². The molecule has 0 saturated carbocycles. The number of hydrogen-bond donors (Lipinski definition) is 2. The molecule has 0 aromatic carbocycles. The van der Waals surface area contributed by atoms with Gasteiger partial charge < -0.3 is 10.2 Å². The monoisotopic (exact) mass is 124 g/mol. The molecule has 0 bridgehead atoms. The summed E-state index contributed by atoms with van der Waals surface area (Å²) in [4.78, 5) is 16.6. The highest BCUT2D eigenvalue weighted by atomic mass is 17.2. The second kappa shape index (κ2) is 9.50. The third-order valence-electron chi connectivity index (χ3n) is 0.167. The minimum atomic E-state index is -1.83. The van der Waals surface area contributed by atoms with Gasteiger partial charge in [-0.2, -0.15) is 0 Å². The van der Waals surface area contributed by atoms with Crippen molar-refractivity contribution in [2.75, 3.05) is 14.2 Å². The van der Waals surface area contributed by atoms with Crippen molar-refractivity contribution in [2.45, 2.75) is 0 Å². The van der Waals surface area contributed by atoms with Crippen LogP contribution in [0.3, 0.4) is 0 Å². The summed E-state index contributed by atoms with van der Waals surface area (Å²) >= 11 is 0. The molecule has 0 unspecified atom stereocenters. The average molecular weight is 124 g/mol. The van der Waals surface area contributed by atoms with Gasteiger partial charge in [-0.05, 0) is 0 Å². The summed E-state index contributed by atoms with van der Waals surface area (Å²) in [5.74, 6) is 0. The molecule has 2 N–H and O–H groups in total. The number of hydrogen-bond acceptors (Lipinski definition) is 3. The van der Waals surface area contributed by atoms with Crippen molar-refractivity contribution >= 4 is 6.16 Å². The van der Waals surface area contributed by atoms with E-state index in [0.717, 1.165) is 0 Å². The van der Waals surface area contributed by atoms with Crippen LogP contribution in [0.25, 0.3) is 0 Å². The summed E-state index contributed by atoms with van der Waals surface area (Å²) in [6.07, 6.45) is -1.83. The molecule has 50 valence electrons. The lowest BCUT2D eigenvalue weighted by atomic mass is 11.5. The molecule has 0 amide bonds. The van der Waals surface area contributed by atoms with Gasteiger partial charge in [0.25, 0.3) is 0 Å². The van der Waals surface area contributed by atoms with Gasteiger partial charge in [0.2, 0.25) is 0 Å². The highest BCUT2D eigenvalue weighted by molar-refractivity contribution is 5.53. The van der Waals surface area contributed by atoms with Crippen LogP contribution in [0.4, 0.5) is 4.79 Å². The molecule has 0 fully saturated rings. The van der Waals surface area contributed by atoms with E-state index >= 15 is 0 Å². The van der Waals surface area contributed by atoms with Gasteiger partial charge in [-0.3, -0.25) is 0 Å². The van der Waals surface area contributed by atoms with Crippen molar-refractivity contribution in [3.63, 3.8) is 0 Å². The summed E-state index contributed by atoms with van der Waals surface area (Å²) < 4.78 is 0. The molecule has 8 heavy (non-hydrogen) atoms. The Labute approximate surface area is 46.4 Å². The normalized spacial score (nSPS) is 6.75. The van der Waals surface area contributed by atoms with Gasteiger partial charge in [0.1, 0.15) is 0 Å². The maximum atomic E-state index is 8.56. The number of carbonyl (C=O) groups is 1. The van der Waals surface area contributed by atoms with Gasteiger partial charge in [-0.15, -0.1) is 0 Å². The van der Waals surface area contributed by atoms with Gasteiger partial charge in [0, 0.05) is 0 Å². The lowest BCUT2D eigenvalue weighted by Crippen LogP contribution is -1.81.